The molecule has 1 fully saturated rings. The van der Waals surface area contributed by atoms with Gasteiger partial charge in [0.15, 0.2) is 5.82 Å². The molecule has 9 heteroatoms. The fourth-order valence-corrected chi connectivity index (χ4v) is 2.50. The van der Waals surface area contributed by atoms with E-state index in [1.54, 1.807) is 23.4 Å². The molecule has 1 saturated heterocycles. The summed E-state index contributed by atoms with van der Waals surface area (Å²) >= 11 is 5.78. The SMILES string of the molecule is CCn1cnnc1C1CN(C(=O)Nc2ccc(Cl)cn2)CCO1. The van der Waals surface area contributed by atoms with Crippen molar-refractivity contribution in [3.8, 4) is 0 Å². The molecule has 2 aromatic heterocycles. The van der Waals surface area contributed by atoms with Crippen LogP contribution >= 0.6 is 11.6 Å². The summed E-state index contributed by atoms with van der Waals surface area (Å²) in [6, 6.07) is 3.11. The van der Waals surface area contributed by atoms with Crippen LogP contribution in [0.3, 0.4) is 0 Å². The molecule has 1 N–H and O–H groups in total. The second kappa shape index (κ2) is 6.93. The molecule has 0 aromatic carbocycles. The molecule has 122 valence electrons. The van der Waals surface area contributed by atoms with Crippen LogP contribution in [0.15, 0.2) is 24.7 Å². The van der Waals surface area contributed by atoms with E-state index in [4.69, 9.17) is 16.3 Å². The van der Waals surface area contributed by atoms with Gasteiger partial charge >= 0.3 is 6.03 Å². The summed E-state index contributed by atoms with van der Waals surface area (Å²) in [6.07, 6.45) is 2.87. The largest absolute Gasteiger partial charge is 0.366 e. The number of morpholine rings is 1. The van der Waals surface area contributed by atoms with E-state index in [1.165, 1.54) is 6.20 Å². The number of pyridine rings is 1. The van der Waals surface area contributed by atoms with E-state index < -0.39 is 0 Å². The standard InChI is InChI=1S/C14H17ClN6O2/c1-2-20-9-17-19-13(20)11-8-21(5-6-23-11)14(22)18-12-4-3-10(15)7-16-12/h3-4,7,9,11H,2,5-6,8H2,1H3,(H,16,18,22). The number of hydrogen-bond acceptors (Lipinski definition) is 5. The van der Waals surface area contributed by atoms with E-state index in [2.05, 4.69) is 20.5 Å². The third-order valence-corrected chi connectivity index (χ3v) is 3.81. The molecule has 2 aromatic rings. The zero-order valence-electron chi connectivity index (χ0n) is 12.6. The first-order chi connectivity index (χ1) is 11.2. The number of anilines is 1. The quantitative estimate of drug-likeness (QED) is 0.926. The van der Waals surface area contributed by atoms with Gasteiger partial charge in [-0.2, -0.15) is 0 Å². The van der Waals surface area contributed by atoms with Crippen molar-refractivity contribution in [2.75, 3.05) is 25.0 Å². The summed E-state index contributed by atoms with van der Waals surface area (Å²) in [6.45, 7) is 4.13. The number of ether oxygens (including phenoxy) is 1. The third kappa shape index (κ3) is 3.59. The van der Waals surface area contributed by atoms with Crippen molar-refractivity contribution in [2.24, 2.45) is 0 Å². The fourth-order valence-electron chi connectivity index (χ4n) is 2.39. The van der Waals surface area contributed by atoms with Gasteiger partial charge in [0, 0.05) is 19.3 Å². The molecule has 0 spiro atoms. The van der Waals surface area contributed by atoms with Gasteiger partial charge in [0.05, 0.1) is 18.2 Å². The van der Waals surface area contributed by atoms with Crippen molar-refractivity contribution >= 4 is 23.4 Å². The summed E-state index contributed by atoms with van der Waals surface area (Å²) in [7, 11) is 0. The molecule has 3 heterocycles. The van der Waals surface area contributed by atoms with E-state index in [0.717, 1.165) is 12.4 Å². The summed E-state index contributed by atoms with van der Waals surface area (Å²) in [4.78, 5) is 18.1. The predicted octanol–water partition coefficient (Wildman–Crippen LogP) is 1.95. The van der Waals surface area contributed by atoms with Crippen molar-refractivity contribution in [3.63, 3.8) is 0 Å². The lowest BCUT2D eigenvalue weighted by atomic mass is 10.2. The molecule has 1 aliphatic rings. The van der Waals surface area contributed by atoms with Crippen LogP contribution in [0.4, 0.5) is 10.6 Å². The summed E-state index contributed by atoms with van der Waals surface area (Å²) in [5.74, 6) is 1.19. The molecule has 3 rings (SSSR count). The van der Waals surface area contributed by atoms with E-state index in [0.29, 0.717) is 30.5 Å². The highest BCUT2D eigenvalue weighted by Gasteiger charge is 2.28. The number of rotatable bonds is 3. The van der Waals surface area contributed by atoms with Gasteiger partial charge in [-0.05, 0) is 19.1 Å². The minimum Gasteiger partial charge on any atom is -0.366 e. The fraction of sp³-hybridized carbons (Fsp3) is 0.429. The van der Waals surface area contributed by atoms with E-state index in [1.807, 2.05) is 11.5 Å². The molecule has 0 aliphatic carbocycles. The number of amides is 2. The van der Waals surface area contributed by atoms with Gasteiger partial charge < -0.3 is 14.2 Å². The summed E-state index contributed by atoms with van der Waals surface area (Å²) in [5, 5.41) is 11.3. The van der Waals surface area contributed by atoms with E-state index >= 15 is 0 Å². The topological polar surface area (TPSA) is 85.2 Å². The first-order valence-corrected chi connectivity index (χ1v) is 7.72. The van der Waals surface area contributed by atoms with Crippen molar-refractivity contribution in [1.82, 2.24) is 24.6 Å². The molecular formula is C14H17ClN6O2. The van der Waals surface area contributed by atoms with Crippen LogP contribution in [0, 0.1) is 0 Å². The lowest BCUT2D eigenvalue weighted by Crippen LogP contribution is -2.45. The van der Waals surface area contributed by atoms with Gasteiger partial charge in [-0.15, -0.1) is 10.2 Å². The maximum atomic E-state index is 12.4. The first kappa shape index (κ1) is 15.7. The molecule has 8 nitrogen and oxygen atoms in total. The first-order valence-electron chi connectivity index (χ1n) is 7.34. The van der Waals surface area contributed by atoms with Gasteiger partial charge in [0.1, 0.15) is 18.2 Å². The molecule has 0 radical (unpaired) electrons. The molecular weight excluding hydrogens is 320 g/mol. The molecule has 1 atom stereocenters. The number of aryl methyl sites for hydroxylation is 1. The Bertz CT molecular complexity index is 674. The minimum absolute atomic E-state index is 0.226. The van der Waals surface area contributed by atoms with Gasteiger partial charge in [-0.3, -0.25) is 5.32 Å². The van der Waals surface area contributed by atoms with Crippen molar-refractivity contribution in [1.29, 1.82) is 0 Å². The number of nitrogens with zero attached hydrogens (tertiary/aromatic N) is 5. The Labute approximate surface area is 138 Å². The van der Waals surface area contributed by atoms with Gasteiger partial charge in [0.25, 0.3) is 0 Å². The Morgan fingerprint density at radius 2 is 2.39 bits per heavy atom. The number of carbonyl (C=O) groups excluding carboxylic acids is 1. The molecule has 0 bridgehead atoms. The molecule has 1 aliphatic heterocycles. The average Bonchev–Trinajstić information content (AvgIpc) is 3.06. The second-order valence-corrected chi connectivity index (χ2v) is 5.51. The second-order valence-electron chi connectivity index (χ2n) is 5.07. The number of urea groups is 1. The van der Waals surface area contributed by atoms with Gasteiger partial charge in [0.2, 0.25) is 0 Å². The minimum atomic E-state index is -0.282. The Hall–Kier alpha value is -2.19. The zero-order chi connectivity index (χ0) is 16.2. The highest BCUT2D eigenvalue weighted by molar-refractivity contribution is 6.30. The number of halogens is 1. The van der Waals surface area contributed by atoms with Gasteiger partial charge in [-0.25, -0.2) is 9.78 Å². The summed E-state index contributed by atoms with van der Waals surface area (Å²) < 4.78 is 7.64. The van der Waals surface area contributed by atoms with Gasteiger partial charge in [-0.1, -0.05) is 11.6 Å². The van der Waals surface area contributed by atoms with Crippen LogP contribution in [0.25, 0.3) is 0 Å². The highest BCUT2D eigenvalue weighted by Crippen LogP contribution is 2.21. The predicted molar refractivity (Wildman–Crippen MR) is 84.2 cm³/mol. The normalized spacial score (nSPS) is 18.0. The molecule has 2 amide bonds. The van der Waals surface area contributed by atoms with E-state index in [9.17, 15) is 4.79 Å². The lowest BCUT2D eigenvalue weighted by molar-refractivity contribution is -0.0199. The zero-order valence-corrected chi connectivity index (χ0v) is 13.4. The van der Waals surface area contributed by atoms with E-state index in [-0.39, 0.29) is 12.1 Å². The Kier molecular flexibility index (Phi) is 4.73. The van der Waals surface area contributed by atoms with Crippen molar-refractivity contribution in [3.05, 3.63) is 35.5 Å². The highest BCUT2D eigenvalue weighted by atomic mass is 35.5. The van der Waals surface area contributed by atoms with Crippen LogP contribution in [0.5, 0.6) is 0 Å². The van der Waals surface area contributed by atoms with Crippen LogP contribution in [0.2, 0.25) is 5.02 Å². The monoisotopic (exact) mass is 336 g/mol. The van der Waals surface area contributed by atoms with Crippen LogP contribution in [-0.4, -0.2) is 50.4 Å². The van der Waals surface area contributed by atoms with Crippen molar-refractivity contribution in [2.45, 2.75) is 19.6 Å². The number of hydrogen-bond donors (Lipinski definition) is 1. The maximum Gasteiger partial charge on any atom is 0.323 e. The Morgan fingerprint density at radius 3 is 3.13 bits per heavy atom. The Balaban J connectivity index is 1.66. The van der Waals surface area contributed by atoms with Crippen molar-refractivity contribution < 1.29 is 9.53 Å². The smallest absolute Gasteiger partial charge is 0.323 e. The third-order valence-electron chi connectivity index (χ3n) is 3.59. The molecule has 0 saturated carbocycles. The lowest BCUT2D eigenvalue weighted by Gasteiger charge is -2.32. The van der Waals surface area contributed by atoms with Crippen LogP contribution in [0.1, 0.15) is 18.9 Å². The molecule has 1 unspecified atom stereocenters. The van der Waals surface area contributed by atoms with Crippen LogP contribution < -0.4 is 5.32 Å². The average molecular weight is 337 g/mol. The number of carbonyl (C=O) groups is 1. The summed E-state index contributed by atoms with van der Waals surface area (Å²) in [5.41, 5.74) is 0. The maximum absolute atomic E-state index is 12.4. The Morgan fingerprint density at radius 1 is 1.52 bits per heavy atom. The van der Waals surface area contributed by atoms with Crippen LogP contribution in [-0.2, 0) is 11.3 Å². The number of aromatic nitrogens is 4. The molecule has 23 heavy (non-hydrogen) atoms. The number of nitrogens with one attached hydrogen (secondary N) is 1.